The lowest BCUT2D eigenvalue weighted by Gasteiger charge is -2.46. The van der Waals surface area contributed by atoms with Crippen LogP contribution in [0.15, 0.2) is 12.1 Å². The monoisotopic (exact) mass is 275 g/mol. The summed E-state index contributed by atoms with van der Waals surface area (Å²) < 4.78 is 5.54. The molecular weight excluding hydrogens is 246 g/mol. The Morgan fingerprint density at radius 1 is 1.25 bits per heavy atom. The average molecular weight is 275 g/mol. The number of hydrogen-bond donors (Lipinski definition) is 0. The molecule has 2 heteroatoms. The molecule has 2 atom stereocenters. The average Bonchev–Trinajstić information content (AvgIpc) is 2.79. The highest BCUT2D eigenvalue weighted by molar-refractivity contribution is 5.56. The molecule has 20 heavy (non-hydrogen) atoms. The van der Waals surface area contributed by atoms with Crippen LogP contribution in [0.2, 0.25) is 0 Å². The summed E-state index contributed by atoms with van der Waals surface area (Å²) in [5, 5.41) is 0. The third kappa shape index (κ3) is 2.10. The van der Waals surface area contributed by atoms with Crippen molar-refractivity contribution in [1.29, 1.82) is 0 Å². The fourth-order valence-electron chi connectivity index (χ4n) is 3.88. The molecule has 0 aromatic heterocycles. The quantitative estimate of drug-likeness (QED) is 0.835. The predicted octanol–water partition coefficient (Wildman–Crippen LogP) is 3.65. The predicted molar refractivity (Wildman–Crippen MR) is 85.7 cm³/mol. The maximum absolute atomic E-state index is 5.54. The van der Waals surface area contributed by atoms with Crippen LogP contribution < -0.4 is 0 Å². The van der Waals surface area contributed by atoms with Crippen LogP contribution in [0.3, 0.4) is 0 Å². The van der Waals surface area contributed by atoms with Gasteiger partial charge < -0.3 is 9.64 Å². The van der Waals surface area contributed by atoms with E-state index in [0.29, 0.717) is 5.92 Å². The van der Waals surface area contributed by atoms with Gasteiger partial charge in [-0.3, -0.25) is 0 Å². The van der Waals surface area contributed by atoms with E-state index in [4.69, 9.17) is 4.74 Å². The number of fused-ring (bicyclic) bond motifs is 4. The van der Waals surface area contributed by atoms with E-state index in [-0.39, 0.29) is 5.41 Å². The van der Waals surface area contributed by atoms with E-state index in [1.54, 1.807) is 11.1 Å². The number of nitrogens with zero attached hydrogens (tertiary/aromatic N) is 1. The highest BCUT2D eigenvalue weighted by atomic mass is 16.5. The zero-order valence-corrected chi connectivity index (χ0v) is 13.9. The number of rotatable bonds is 3. The van der Waals surface area contributed by atoms with Crippen molar-refractivity contribution < 1.29 is 4.74 Å². The molecule has 2 aliphatic rings. The summed E-state index contributed by atoms with van der Waals surface area (Å²) in [5.41, 5.74) is 6.24. The SMILES string of the molecule is CC.CCN1CC2c3cc(C)c(C)cc3C2(COC)C1. The Hall–Kier alpha value is -0.860. The van der Waals surface area contributed by atoms with Crippen molar-refractivity contribution in [2.75, 3.05) is 33.4 Å². The Morgan fingerprint density at radius 2 is 1.90 bits per heavy atom. The van der Waals surface area contributed by atoms with Gasteiger partial charge in [0, 0.05) is 31.5 Å². The molecule has 0 amide bonds. The first-order valence-corrected chi connectivity index (χ1v) is 7.95. The van der Waals surface area contributed by atoms with E-state index in [2.05, 4.69) is 37.8 Å². The summed E-state index contributed by atoms with van der Waals surface area (Å²) in [6.07, 6.45) is 0. The maximum Gasteiger partial charge on any atom is 0.0578 e. The Bertz CT molecular complexity index is 483. The van der Waals surface area contributed by atoms with E-state index in [0.717, 1.165) is 19.7 Å². The second kappa shape index (κ2) is 5.87. The molecule has 0 bridgehead atoms. The largest absolute Gasteiger partial charge is 0.384 e. The van der Waals surface area contributed by atoms with Crippen LogP contribution in [0.1, 0.15) is 48.9 Å². The summed E-state index contributed by atoms with van der Waals surface area (Å²) >= 11 is 0. The summed E-state index contributed by atoms with van der Waals surface area (Å²) in [7, 11) is 1.83. The molecule has 0 radical (unpaired) electrons. The second-order valence-corrected chi connectivity index (χ2v) is 5.99. The van der Waals surface area contributed by atoms with Crippen LogP contribution in [-0.4, -0.2) is 38.3 Å². The molecule has 1 aromatic rings. The Balaban J connectivity index is 0.000000704. The van der Waals surface area contributed by atoms with Crippen molar-refractivity contribution in [2.45, 2.75) is 46.0 Å². The molecule has 112 valence electrons. The molecule has 2 unspecified atom stereocenters. The fraction of sp³-hybridized carbons (Fsp3) is 0.667. The van der Waals surface area contributed by atoms with E-state index in [1.165, 1.54) is 17.7 Å². The van der Waals surface area contributed by atoms with Crippen LogP contribution in [0, 0.1) is 13.8 Å². The van der Waals surface area contributed by atoms with Gasteiger partial charge in [0.05, 0.1) is 6.61 Å². The van der Waals surface area contributed by atoms with Gasteiger partial charge in [0.15, 0.2) is 0 Å². The molecule has 1 fully saturated rings. The molecule has 2 nitrogen and oxygen atoms in total. The molecule has 0 N–H and O–H groups in total. The van der Waals surface area contributed by atoms with E-state index >= 15 is 0 Å². The van der Waals surface area contributed by atoms with E-state index in [9.17, 15) is 0 Å². The van der Waals surface area contributed by atoms with E-state index < -0.39 is 0 Å². The number of likely N-dealkylation sites (N-methyl/N-ethyl adjacent to an activating group) is 1. The molecule has 0 saturated carbocycles. The van der Waals surface area contributed by atoms with Crippen LogP contribution in [0.5, 0.6) is 0 Å². The number of likely N-dealkylation sites (tertiary alicyclic amines) is 1. The number of benzene rings is 1. The molecular formula is C18H29NO. The van der Waals surface area contributed by atoms with Crippen LogP contribution in [-0.2, 0) is 10.2 Å². The fourth-order valence-corrected chi connectivity index (χ4v) is 3.88. The van der Waals surface area contributed by atoms with Gasteiger partial charge in [-0.15, -0.1) is 0 Å². The van der Waals surface area contributed by atoms with Crippen LogP contribution >= 0.6 is 0 Å². The summed E-state index contributed by atoms with van der Waals surface area (Å²) in [4.78, 5) is 2.56. The minimum atomic E-state index is 0.276. The zero-order valence-electron chi connectivity index (χ0n) is 13.9. The summed E-state index contributed by atoms with van der Waals surface area (Å²) in [6, 6.07) is 4.81. The van der Waals surface area contributed by atoms with Gasteiger partial charge in [0.25, 0.3) is 0 Å². The van der Waals surface area contributed by atoms with Crippen LogP contribution in [0.4, 0.5) is 0 Å². The molecule has 1 aliphatic heterocycles. The maximum atomic E-state index is 5.54. The normalized spacial score (nSPS) is 27.2. The van der Waals surface area contributed by atoms with Crippen molar-refractivity contribution >= 4 is 0 Å². The Labute approximate surface area is 124 Å². The van der Waals surface area contributed by atoms with Crippen molar-refractivity contribution in [3.8, 4) is 0 Å². The number of methoxy groups -OCH3 is 1. The standard InChI is InChI=1S/C16H23NO.C2H6/c1-5-17-8-15-13-6-11(2)12(3)7-14(13)16(15,9-17)10-18-4;1-2/h6-7,15H,5,8-10H2,1-4H3;1-2H3. The van der Waals surface area contributed by atoms with E-state index in [1.807, 2.05) is 21.0 Å². The summed E-state index contributed by atoms with van der Waals surface area (Å²) in [5.74, 6) is 0.687. The molecule has 1 aliphatic carbocycles. The highest BCUT2D eigenvalue weighted by Gasteiger charge is 2.56. The first-order chi connectivity index (χ1) is 9.62. The third-order valence-corrected chi connectivity index (χ3v) is 5.04. The minimum Gasteiger partial charge on any atom is -0.384 e. The number of hydrogen-bond acceptors (Lipinski definition) is 2. The van der Waals surface area contributed by atoms with Gasteiger partial charge in [-0.05, 0) is 42.6 Å². The zero-order chi connectivity index (χ0) is 14.9. The van der Waals surface area contributed by atoms with Crippen molar-refractivity contribution in [3.05, 3.63) is 34.4 Å². The smallest absolute Gasteiger partial charge is 0.0578 e. The van der Waals surface area contributed by atoms with Crippen molar-refractivity contribution in [3.63, 3.8) is 0 Å². The topological polar surface area (TPSA) is 12.5 Å². The van der Waals surface area contributed by atoms with Gasteiger partial charge in [0.2, 0.25) is 0 Å². The van der Waals surface area contributed by atoms with Gasteiger partial charge in [0.1, 0.15) is 0 Å². The molecule has 1 heterocycles. The minimum absolute atomic E-state index is 0.276. The third-order valence-electron chi connectivity index (χ3n) is 5.04. The second-order valence-electron chi connectivity index (χ2n) is 5.99. The van der Waals surface area contributed by atoms with Gasteiger partial charge >= 0.3 is 0 Å². The van der Waals surface area contributed by atoms with Gasteiger partial charge in [-0.2, -0.15) is 0 Å². The number of ether oxygens (including phenoxy) is 1. The number of aryl methyl sites for hydroxylation is 2. The first kappa shape index (κ1) is 15.5. The van der Waals surface area contributed by atoms with Crippen LogP contribution in [0.25, 0.3) is 0 Å². The lowest BCUT2D eigenvalue weighted by Crippen LogP contribution is -2.47. The molecule has 0 spiro atoms. The first-order valence-electron chi connectivity index (χ1n) is 7.95. The van der Waals surface area contributed by atoms with Gasteiger partial charge in [-0.1, -0.05) is 32.9 Å². The van der Waals surface area contributed by atoms with Gasteiger partial charge in [-0.25, -0.2) is 0 Å². The molecule has 1 aromatic carbocycles. The lowest BCUT2D eigenvalue weighted by atomic mass is 9.57. The van der Waals surface area contributed by atoms with Crippen molar-refractivity contribution in [2.24, 2.45) is 0 Å². The highest BCUT2D eigenvalue weighted by Crippen LogP contribution is 2.56. The Kier molecular flexibility index (Phi) is 4.55. The molecule has 1 saturated heterocycles. The summed E-state index contributed by atoms with van der Waals surface area (Å²) in [6.45, 7) is 15.1. The molecule has 3 rings (SSSR count). The Morgan fingerprint density at radius 3 is 2.50 bits per heavy atom. The lowest BCUT2D eigenvalue weighted by molar-refractivity contribution is 0.110. The van der Waals surface area contributed by atoms with Crippen molar-refractivity contribution in [1.82, 2.24) is 4.90 Å².